The van der Waals surface area contributed by atoms with E-state index in [1.165, 1.54) is 11.3 Å². The number of hydrogen-bond donors (Lipinski definition) is 2. The van der Waals surface area contributed by atoms with Gasteiger partial charge in [0, 0.05) is 51.0 Å². The minimum atomic E-state index is -0.0150. The predicted molar refractivity (Wildman–Crippen MR) is 131 cm³/mol. The van der Waals surface area contributed by atoms with Crippen molar-refractivity contribution in [2.45, 2.75) is 13.3 Å². The number of aryl methyl sites for hydroxylation is 1. The molecule has 10 heteroatoms. The van der Waals surface area contributed by atoms with Gasteiger partial charge < -0.3 is 25.2 Å². The molecule has 9 nitrogen and oxygen atoms in total. The molecule has 0 radical (unpaired) electrons. The van der Waals surface area contributed by atoms with Crippen LogP contribution in [0.4, 0.5) is 16.8 Å². The fourth-order valence-corrected chi connectivity index (χ4v) is 4.50. The number of thiazole rings is 1. The molecular weight excluding hydrogens is 438 g/mol. The van der Waals surface area contributed by atoms with Gasteiger partial charge in [-0.3, -0.25) is 4.79 Å². The highest BCUT2D eigenvalue weighted by molar-refractivity contribution is 7.19. The molecule has 2 aromatic heterocycles. The van der Waals surface area contributed by atoms with E-state index in [2.05, 4.69) is 42.4 Å². The quantitative estimate of drug-likeness (QED) is 0.521. The normalized spacial score (nSPS) is 14.8. The van der Waals surface area contributed by atoms with Crippen LogP contribution >= 0.6 is 11.3 Å². The number of amides is 1. The number of carbonyl (C=O) groups is 1. The van der Waals surface area contributed by atoms with Gasteiger partial charge in [0.2, 0.25) is 11.9 Å². The number of aromatic nitrogens is 3. The number of nitrogens with zero attached hydrogens (tertiary/aromatic N) is 5. The molecule has 0 bridgehead atoms. The molecule has 1 aromatic carbocycles. The number of anilines is 3. The fourth-order valence-electron chi connectivity index (χ4n) is 3.55. The molecule has 0 spiro atoms. The number of methoxy groups -OCH3 is 1. The van der Waals surface area contributed by atoms with Crippen LogP contribution in [0.2, 0.25) is 0 Å². The summed E-state index contributed by atoms with van der Waals surface area (Å²) < 4.78 is 5.19. The Morgan fingerprint density at radius 1 is 1.12 bits per heavy atom. The van der Waals surface area contributed by atoms with Gasteiger partial charge in [-0.2, -0.15) is 0 Å². The number of ether oxygens (including phenoxy) is 1. The molecule has 3 aromatic rings. The first kappa shape index (κ1) is 23.1. The molecular formula is C23H29N7O2S. The Balaban J connectivity index is 1.37. The molecule has 1 aliphatic rings. The molecule has 33 heavy (non-hydrogen) atoms. The Morgan fingerprint density at radius 2 is 1.88 bits per heavy atom. The SMILES string of the molecule is COc1ccc(Nc2nccc(-c3sc(NC(=O)CCN4CCN(C)CC4)nc3C)n2)cc1. The lowest BCUT2D eigenvalue weighted by Gasteiger charge is -2.32. The van der Waals surface area contributed by atoms with Crippen LogP contribution in [-0.2, 0) is 4.79 Å². The van der Waals surface area contributed by atoms with Crippen LogP contribution in [0, 0.1) is 6.92 Å². The van der Waals surface area contributed by atoms with E-state index >= 15 is 0 Å². The summed E-state index contributed by atoms with van der Waals surface area (Å²) in [6.45, 7) is 6.79. The van der Waals surface area contributed by atoms with E-state index in [-0.39, 0.29) is 5.91 Å². The minimum absolute atomic E-state index is 0.0150. The lowest BCUT2D eigenvalue weighted by molar-refractivity contribution is -0.116. The standard InChI is InChI=1S/C23H29N7O2S/c1-16-21(19-8-10-24-22(27-19)26-17-4-6-18(32-3)7-5-17)33-23(25-16)28-20(31)9-11-30-14-12-29(2)13-15-30/h4-8,10H,9,11-15H2,1-3H3,(H,24,26,27)(H,25,28,31). The van der Waals surface area contributed by atoms with Gasteiger partial charge in [0.05, 0.1) is 23.4 Å². The highest BCUT2D eigenvalue weighted by Gasteiger charge is 2.17. The maximum atomic E-state index is 12.5. The molecule has 0 saturated carbocycles. The largest absolute Gasteiger partial charge is 0.497 e. The van der Waals surface area contributed by atoms with Gasteiger partial charge in [-0.1, -0.05) is 11.3 Å². The van der Waals surface area contributed by atoms with Crippen LogP contribution in [0.15, 0.2) is 36.5 Å². The van der Waals surface area contributed by atoms with Crippen LogP contribution in [-0.4, -0.2) is 77.5 Å². The zero-order chi connectivity index (χ0) is 23.2. The van der Waals surface area contributed by atoms with Crippen LogP contribution in [0.5, 0.6) is 5.75 Å². The third-order valence-corrected chi connectivity index (χ3v) is 6.62. The zero-order valence-corrected chi connectivity index (χ0v) is 20.0. The van der Waals surface area contributed by atoms with E-state index in [0.717, 1.165) is 60.4 Å². The topological polar surface area (TPSA) is 95.5 Å². The summed E-state index contributed by atoms with van der Waals surface area (Å²) in [6.07, 6.45) is 2.17. The second kappa shape index (κ2) is 10.7. The zero-order valence-electron chi connectivity index (χ0n) is 19.2. The van der Waals surface area contributed by atoms with E-state index in [9.17, 15) is 4.79 Å². The molecule has 1 fully saturated rings. The van der Waals surface area contributed by atoms with Crippen molar-refractivity contribution in [2.24, 2.45) is 0 Å². The van der Waals surface area contributed by atoms with E-state index in [1.54, 1.807) is 13.3 Å². The third kappa shape index (κ3) is 6.25. The summed E-state index contributed by atoms with van der Waals surface area (Å²) >= 11 is 1.42. The molecule has 0 aliphatic carbocycles. The predicted octanol–water partition coefficient (Wildman–Crippen LogP) is 3.24. The van der Waals surface area contributed by atoms with Gasteiger partial charge in [0.1, 0.15) is 5.75 Å². The fraction of sp³-hybridized carbons (Fsp3) is 0.391. The maximum absolute atomic E-state index is 12.5. The van der Waals surface area contributed by atoms with Crippen LogP contribution in [0.25, 0.3) is 10.6 Å². The van der Waals surface area contributed by atoms with Gasteiger partial charge in [0.25, 0.3) is 0 Å². The average molecular weight is 468 g/mol. The second-order valence-electron chi connectivity index (χ2n) is 8.00. The Bertz CT molecular complexity index is 1080. The Kier molecular flexibility index (Phi) is 7.48. The smallest absolute Gasteiger partial charge is 0.227 e. The monoisotopic (exact) mass is 467 g/mol. The van der Waals surface area contributed by atoms with Gasteiger partial charge in [-0.25, -0.2) is 15.0 Å². The van der Waals surface area contributed by atoms with Gasteiger partial charge >= 0.3 is 0 Å². The molecule has 4 rings (SSSR count). The highest BCUT2D eigenvalue weighted by Crippen LogP contribution is 2.32. The molecule has 1 aliphatic heterocycles. The number of carbonyl (C=O) groups excluding carboxylic acids is 1. The number of likely N-dealkylation sites (N-methyl/N-ethyl adjacent to an activating group) is 1. The van der Waals surface area contributed by atoms with Crippen molar-refractivity contribution >= 4 is 34.0 Å². The van der Waals surface area contributed by atoms with Crippen molar-refractivity contribution in [1.29, 1.82) is 0 Å². The summed E-state index contributed by atoms with van der Waals surface area (Å²) in [5, 5.41) is 6.74. The van der Waals surface area contributed by atoms with Crippen LogP contribution in [0.1, 0.15) is 12.1 Å². The molecule has 174 valence electrons. The van der Waals surface area contributed by atoms with Crippen LogP contribution in [0.3, 0.4) is 0 Å². The van der Waals surface area contributed by atoms with E-state index < -0.39 is 0 Å². The average Bonchev–Trinajstić information content (AvgIpc) is 3.19. The van der Waals surface area contributed by atoms with E-state index in [4.69, 9.17) is 4.74 Å². The number of rotatable bonds is 8. The number of nitrogens with one attached hydrogen (secondary N) is 2. The molecule has 3 heterocycles. The van der Waals surface area contributed by atoms with E-state index in [0.29, 0.717) is 17.5 Å². The molecule has 1 saturated heterocycles. The van der Waals surface area contributed by atoms with Crippen molar-refractivity contribution < 1.29 is 9.53 Å². The van der Waals surface area contributed by atoms with Crippen LogP contribution < -0.4 is 15.4 Å². The summed E-state index contributed by atoms with van der Waals surface area (Å²) in [6, 6.07) is 9.40. The molecule has 2 N–H and O–H groups in total. The van der Waals surface area contributed by atoms with Gasteiger partial charge in [-0.05, 0) is 44.3 Å². The summed E-state index contributed by atoms with van der Waals surface area (Å²) in [4.78, 5) is 31.5. The lowest BCUT2D eigenvalue weighted by Crippen LogP contribution is -2.45. The highest BCUT2D eigenvalue weighted by atomic mass is 32.1. The van der Waals surface area contributed by atoms with Crippen molar-refractivity contribution in [3.05, 3.63) is 42.2 Å². The number of hydrogen-bond acceptors (Lipinski definition) is 9. The van der Waals surface area contributed by atoms with Crippen molar-refractivity contribution in [3.8, 4) is 16.3 Å². The number of piperazine rings is 1. The van der Waals surface area contributed by atoms with Gasteiger partial charge in [0.15, 0.2) is 5.13 Å². The Morgan fingerprint density at radius 3 is 2.61 bits per heavy atom. The Hall–Kier alpha value is -3.08. The first-order valence-electron chi connectivity index (χ1n) is 10.9. The van der Waals surface area contributed by atoms with E-state index in [1.807, 2.05) is 37.3 Å². The lowest BCUT2D eigenvalue weighted by atomic mass is 10.3. The van der Waals surface area contributed by atoms with Gasteiger partial charge in [-0.15, -0.1) is 0 Å². The minimum Gasteiger partial charge on any atom is -0.497 e. The Labute approximate surface area is 197 Å². The summed E-state index contributed by atoms with van der Waals surface area (Å²) in [5.41, 5.74) is 2.44. The summed E-state index contributed by atoms with van der Waals surface area (Å²) in [7, 11) is 3.76. The van der Waals surface area contributed by atoms with Crippen molar-refractivity contribution in [1.82, 2.24) is 24.8 Å². The third-order valence-electron chi connectivity index (χ3n) is 5.53. The molecule has 0 unspecified atom stereocenters. The first-order valence-corrected chi connectivity index (χ1v) is 11.7. The maximum Gasteiger partial charge on any atom is 0.227 e. The second-order valence-corrected chi connectivity index (χ2v) is 8.99. The first-order chi connectivity index (χ1) is 16.0. The molecule has 1 amide bonds. The van der Waals surface area contributed by atoms with Crippen molar-refractivity contribution in [2.75, 3.05) is 57.5 Å². The molecule has 0 atom stereocenters. The van der Waals surface area contributed by atoms with Crippen molar-refractivity contribution in [3.63, 3.8) is 0 Å². The summed E-state index contributed by atoms with van der Waals surface area (Å²) in [5.74, 6) is 1.26. The number of benzene rings is 1.